The zero-order valence-corrected chi connectivity index (χ0v) is 24.4. The first-order chi connectivity index (χ1) is 21.6. The van der Waals surface area contributed by atoms with Crippen LogP contribution in [0.2, 0.25) is 0 Å². The molecule has 2 atom stereocenters. The first-order valence-electron chi connectivity index (χ1n) is 15.0. The normalized spacial score (nSPS) is 15.3. The first kappa shape index (κ1) is 29.1. The molecule has 2 heterocycles. The molecule has 0 radical (unpaired) electrons. The summed E-state index contributed by atoms with van der Waals surface area (Å²) < 4.78 is 7.58. The maximum atomic E-state index is 14.2. The van der Waals surface area contributed by atoms with E-state index in [1.807, 2.05) is 121 Å². The summed E-state index contributed by atoms with van der Waals surface area (Å²) >= 11 is 0. The van der Waals surface area contributed by atoms with E-state index in [9.17, 15) is 14.7 Å². The molecular weight excluding hydrogens is 550 g/mol. The van der Waals surface area contributed by atoms with E-state index in [2.05, 4.69) is 5.10 Å². The third-order valence-electron chi connectivity index (χ3n) is 8.17. The molecule has 1 aliphatic heterocycles. The quantitative estimate of drug-likeness (QED) is 0.228. The van der Waals surface area contributed by atoms with E-state index < -0.39 is 23.5 Å². The van der Waals surface area contributed by atoms with Gasteiger partial charge < -0.3 is 14.7 Å². The molecule has 0 bridgehead atoms. The highest BCUT2D eigenvalue weighted by molar-refractivity contribution is 5.93. The highest BCUT2D eigenvalue weighted by atomic mass is 16.5. The van der Waals surface area contributed by atoms with Crippen molar-refractivity contribution in [3.8, 4) is 5.75 Å². The van der Waals surface area contributed by atoms with Crippen LogP contribution in [0.5, 0.6) is 5.75 Å². The van der Waals surface area contributed by atoms with Crippen LogP contribution in [0.3, 0.4) is 0 Å². The minimum absolute atomic E-state index is 0.0610. The second kappa shape index (κ2) is 13.5. The lowest BCUT2D eigenvalue weighted by atomic mass is 9.83. The van der Waals surface area contributed by atoms with Crippen molar-refractivity contribution in [3.63, 3.8) is 0 Å². The largest absolute Gasteiger partial charge is 0.483 e. The molecule has 0 spiro atoms. The number of nitrogens with zero attached hydrogens (tertiary/aromatic N) is 3. The van der Waals surface area contributed by atoms with Crippen molar-refractivity contribution < 1.29 is 14.6 Å². The SMILES string of the molecule is O=C(c1nn(Cc2ccccc2)cc(OCc2ccccc2)c1=O)N1CCC[C@@H]1C(O)C(c1ccccc1)c1ccccc1. The molecule has 7 nitrogen and oxygen atoms in total. The number of aliphatic hydroxyl groups excluding tert-OH is 1. The number of carbonyl (C=O) groups is 1. The van der Waals surface area contributed by atoms with Crippen LogP contribution in [0, 0.1) is 0 Å². The van der Waals surface area contributed by atoms with Crippen LogP contribution in [0.15, 0.2) is 132 Å². The van der Waals surface area contributed by atoms with E-state index in [-0.39, 0.29) is 24.0 Å². The van der Waals surface area contributed by atoms with Gasteiger partial charge in [-0.2, -0.15) is 5.10 Å². The van der Waals surface area contributed by atoms with Crippen LogP contribution in [0.4, 0.5) is 0 Å². The molecule has 4 aromatic carbocycles. The van der Waals surface area contributed by atoms with Gasteiger partial charge in [-0.15, -0.1) is 0 Å². The molecule has 1 aromatic heterocycles. The summed E-state index contributed by atoms with van der Waals surface area (Å²) in [7, 11) is 0. The molecular formula is C37H35N3O4. The topological polar surface area (TPSA) is 84.7 Å². The summed E-state index contributed by atoms with van der Waals surface area (Å²) in [5, 5.41) is 16.5. The van der Waals surface area contributed by atoms with Gasteiger partial charge in [0, 0.05) is 12.5 Å². The number of rotatable bonds is 10. The Kier molecular flexibility index (Phi) is 8.94. The molecule has 1 fully saturated rings. The summed E-state index contributed by atoms with van der Waals surface area (Å²) in [6, 6.07) is 38.5. The fourth-order valence-corrected chi connectivity index (χ4v) is 6.01. The smallest absolute Gasteiger partial charge is 0.278 e. The Bertz CT molecular complexity index is 1690. The van der Waals surface area contributed by atoms with Crippen LogP contribution in [0.1, 0.15) is 51.5 Å². The Hall–Kier alpha value is -5.01. The number of aliphatic hydroxyl groups is 1. The van der Waals surface area contributed by atoms with E-state index in [0.29, 0.717) is 25.9 Å². The van der Waals surface area contributed by atoms with Crippen molar-refractivity contribution in [1.29, 1.82) is 0 Å². The summed E-state index contributed by atoms with van der Waals surface area (Å²) in [5.41, 5.74) is 3.04. The van der Waals surface area contributed by atoms with Gasteiger partial charge in [-0.05, 0) is 35.1 Å². The minimum atomic E-state index is -0.893. The van der Waals surface area contributed by atoms with Crippen molar-refractivity contribution in [2.75, 3.05) is 6.54 Å². The van der Waals surface area contributed by atoms with Gasteiger partial charge in [0.2, 0.25) is 0 Å². The molecule has 222 valence electrons. The highest BCUT2D eigenvalue weighted by Crippen LogP contribution is 2.35. The van der Waals surface area contributed by atoms with Crippen molar-refractivity contribution in [3.05, 3.63) is 166 Å². The van der Waals surface area contributed by atoms with E-state index >= 15 is 0 Å². The van der Waals surface area contributed by atoms with Crippen molar-refractivity contribution in [2.24, 2.45) is 0 Å². The maximum absolute atomic E-state index is 14.2. The van der Waals surface area contributed by atoms with Gasteiger partial charge in [-0.25, -0.2) is 0 Å². The predicted molar refractivity (Wildman–Crippen MR) is 170 cm³/mol. The molecule has 1 N–H and O–H groups in total. The van der Waals surface area contributed by atoms with E-state index in [0.717, 1.165) is 22.3 Å². The molecule has 0 aliphatic carbocycles. The summed E-state index contributed by atoms with van der Waals surface area (Å²) in [4.78, 5) is 29.6. The van der Waals surface area contributed by atoms with Gasteiger partial charge in [-0.3, -0.25) is 14.3 Å². The van der Waals surface area contributed by atoms with E-state index in [1.54, 1.807) is 15.8 Å². The number of aromatic nitrogens is 2. The number of carbonyl (C=O) groups excluding carboxylic acids is 1. The maximum Gasteiger partial charge on any atom is 0.278 e. The number of ether oxygens (including phenoxy) is 1. The third kappa shape index (κ3) is 6.48. The number of hydrogen-bond donors (Lipinski definition) is 1. The zero-order valence-electron chi connectivity index (χ0n) is 24.4. The lowest BCUT2D eigenvalue weighted by Crippen LogP contribution is -2.47. The van der Waals surface area contributed by atoms with Gasteiger partial charge in [0.15, 0.2) is 11.4 Å². The molecule has 1 amide bonds. The fraction of sp³-hybridized carbons (Fsp3) is 0.216. The number of benzene rings is 4. The molecule has 1 aliphatic rings. The second-order valence-electron chi connectivity index (χ2n) is 11.1. The van der Waals surface area contributed by atoms with Crippen molar-refractivity contribution in [1.82, 2.24) is 14.7 Å². The Labute approximate surface area is 257 Å². The van der Waals surface area contributed by atoms with Gasteiger partial charge in [0.25, 0.3) is 11.3 Å². The Morgan fingerprint density at radius 1 is 0.818 bits per heavy atom. The summed E-state index contributed by atoms with van der Waals surface area (Å²) in [6.45, 7) is 0.963. The Morgan fingerprint density at radius 3 is 1.95 bits per heavy atom. The lowest BCUT2D eigenvalue weighted by molar-refractivity contribution is 0.0429. The monoisotopic (exact) mass is 585 g/mol. The second-order valence-corrected chi connectivity index (χ2v) is 11.1. The predicted octanol–water partition coefficient (Wildman–Crippen LogP) is 5.67. The van der Waals surface area contributed by atoms with Crippen LogP contribution in [-0.4, -0.2) is 44.4 Å². The van der Waals surface area contributed by atoms with Crippen LogP contribution in [-0.2, 0) is 13.2 Å². The van der Waals surface area contributed by atoms with E-state index in [4.69, 9.17) is 4.74 Å². The van der Waals surface area contributed by atoms with Crippen LogP contribution < -0.4 is 10.2 Å². The van der Waals surface area contributed by atoms with Gasteiger partial charge in [0.05, 0.1) is 24.9 Å². The van der Waals surface area contributed by atoms with Crippen molar-refractivity contribution >= 4 is 5.91 Å². The molecule has 44 heavy (non-hydrogen) atoms. The average molecular weight is 586 g/mol. The van der Waals surface area contributed by atoms with Gasteiger partial charge >= 0.3 is 0 Å². The minimum Gasteiger partial charge on any atom is -0.483 e. The van der Waals surface area contributed by atoms with Gasteiger partial charge in [-0.1, -0.05) is 121 Å². The van der Waals surface area contributed by atoms with Crippen LogP contribution >= 0.6 is 0 Å². The molecule has 1 saturated heterocycles. The molecule has 7 heteroatoms. The highest BCUT2D eigenvalue weighted by Gasteiger charge is 2.40. The third-order valence-corrected chi connectivity index (χ3v) is 8.17. The summed E-state index contributed by atoms with van der Waals surface area (Å²) in [6.07, 6.45) is 2.00. The molecule has 6 rings (SSSR count). The summed E-state index contributed by atoms with van der Waals surface area (Å²) in [5.74, 6) is -0.784. The van der Waals surface area contributed by atoms with Crippen LogP contribution in [0.25, 0.3) is 0 Å². The zero-order chi connectivity index (χ0) is 30.3. The number of amides is 1. The molecule has 0 saturated carbocycles. The van der Waals surface area contributed by atoms with Crippen molar-refractivity contribution in [2.45, 2.75) is 44.1 Å². The number of likely N-dealkylation sites (tertiary alicyclic amines) is 1. The number of hydrogen-bond acceptors (Lipinski definition) is 5. The standard InChI is InChI=1S/C37H35N3O4/c41-35(33(29-18-9-3-10-19-29)30-20-11-4-12-21-30)31-22-13-23-40(31)37(43)34-36(42)32(44-26-28-16-7-2-8-17-28)25-39(38-34)24-27-14-5-1-6-15-27/h1-12,14-21,25,31,33,35,41H,13,22-24,26H2/t31-,35?/m1/s1. The first-order valence-corrected chi connectivity index (χ1v) is 15.0. The van der Waals surface area contributed by atoms with Gasteiger partial charge in [0.1, 0.15) is 6.61 Å². The Morgan fingerprint density at radius 2 is 1.36 bits per heavy atom. The lowest BCUT2D eigenvalue weighted by Gasteiger charge is -2.34. The van der Waals surface area contributed by atoms with E-state index in [1.165, 1.54) is 0 Å². The fourth-order valence-electron chi connectivity index (χ4n) is 6.01. The average Bonchev–Trinajstić information content (AvgIpc) is 3.57. The Balaban J connectivity index is 1.33. The molecule has 5 aromatic rings. The molecule has 1 unspecified atom stereocenters.